The van der Waals surface area contributed by atoms with E-state index in [2.05, 4.69) is 24.3 Å². The number of anilines is 1. The van der Waals surface area contributed by atoms with Crippen LogP contribution in [-0.4, -0.2) is 28.4 Å². The van der Waals surface area contributed by atoms with Crippen molar-refractivity contribution in [2.75, 3.05) is 11.9 Å². The van der Waals surface area contributed by atoms with Gasteiger partial charge in [0.25, 0.3) is 0 Å². The van der Waals surface area contributed by atoms with Crippen LogP contribution >= 0.6 is 0 Å². The predicted octanol–water partition coefficient (Wildman–Crippen LogP) is 2.12. The van der Waals surface area contributed by atoms with Gasteiger partial charge in [-0.3, -0.25) is 9.48 Å². The van der Waals surface area contributed by atoms with Crippen LogP contribution in [0.3, 0.4) is 0 Å². The molecule has 1 aliphatic rings. The van der Waals surface area contributed by atoms with E-state index in [0.29, 0.717) is 5.92 Å². The Morgan fingerprint density at radius 1 is 1.58 bits per heavy atom. The highest BCUT2D eigenvalue weighted by atomic mass is 16.5. The van der Waals surface area contributed by atoms with Crippen LogP contribution in [0.25, 0.3) is 0 Å². The summed E-state index contributed by atoms with van der Waals surface area (Å²) in [4.78, 5) is 12.4. The third-order valence-electron chi connectivity index (χ3n) is 3.63. The molecule has 0 unspecified atom stereocenters. The molecule has 1 aromatic rings. The van der Waals surface area contributed by atoms with Crippen molar-refractivity contribution in [3.63, 3.8) is 0 Å². The number of carbonyl (C=O) groups is 1. The summed E-state index contributed by atoms with van der Waals surface area (Å²) in [7, 11) is 1.85. The summed E-state index contributed by atoms with van der Waals surface area (Å²) in [5, 5.41) is 7.22. The first-order chi connectivity index (χ1) is 8.99. The van der Waals surface area contributed by atoms with Crippen LogP contribution in [0.2, 0.25) is 0 Å². The summed E-state index contributed by atoms with van der Waals surface area (Å²) >= 11 is 0. The number of hydrogen-bond donors (Lipinski definition) is 1. The number of ether oxygens (including phenoxy) is 1. The minimum atomic E-state index is -0.0617. The van der Waals surface area contributed by atoms with E-state index in [1.165, 1.54) is 0 Å². The Balaban J connectivity index is 2.07. The summed E-state index contributed by atoms with van der Waals surface area (Å²) < 4.78 is 7.48. The molecule has 0 aromatic carbocycles. The summed E-state index contributed by atoms with van der Waals surface area (Å²) in [6.07, 6.45) is 3.70. The number of carbonyl (C=O) groups excluding carboxylic acids is 1. The fraction of sp³-hybridized carbons (Fsp3) is 0.714. The molecule has 0 aliphatic carbocycles. The lowest BCUT2D eigenvalue weighted by atomic mass is 9.87. The highest BCUT2D eigenvalue weighted by Crippen LogP contribution is 2.27. The van der Waals surface area contributed by atoms with Gasteiger partial charge in [0.1, 0.15) is 0 Å². The maximum absolute atomic E-state index is 12.4. The van der Waals surface area contributed by atoms with Gasteiger partial charge in [-0.15, -0.1) is 0 Å². The van der Waals surface area contributed by atoms with Crippen molar-refractivity contribution in [2.45, 2.75) is 39.7 Å². The topological polar surface area (TPSA) is 56.2 Å². The maximum atomic E-state index is 12.4. The zero-order chi connectivity index (χ0) is 14.0. The lowest BCUT2D eigenvalue weighted by Gasteiger charge is -2.33. The maximum Gasteiger partial charge on any atom is 0.230 e. The normalized spacial score (nSPS) is 23.6. The van der Waals surface area contributed by atoms with Gasteiger partial charge >= 0.3 is 0 Å². The van der Waals surface area contributed by atoms with Crippen LogP contribution in [0.4, 0.5) is 5.69 Å². The summed E-state index contributed by atoms with van der Waals surface area (Å²) in [6.45, 7) is 6.86. The summed E-state index contributed by atoms with van der Waals surface area (Å²) in [5.74, 6) is 0.342. The minimum absolute atomic E-state index is 0.0192. The van der Waals surface area contributed by atoms with E-state index in [-0.39, 0.29) is 17.9 Å². The van der Waals surface area contributed by atoms with Crippen LogP contribution in [0.1, 0.15) is 32.4 Å². The standard InChI is InChI=1S/C14H23N3O2/c1-9(2)13-11(6-5-7-19-13)14(18)15-12-8-17(4)16-10(12)3/h8-9,11,13H,5-7H2,1-4H3,(H,15,18)/t11-,13-/m0/s1. The molecule has 5 nitrogen and oxygen atoms in total. The van der Waals surface area contributed by atoms with Crippen LogP contribution in [0.15, 0.2) is 6.20 Å². The van der Waals surface area contributed by atoms with Crippen LogP contribution < -0.4 is 5.32 Å². The van der Waals surface area contributed by atoms with Crippen molar-refractivity contribution in [3.05, 3.63) is 11.9 Å². The molecule has 0 spiro atoms. The monoisotopic (exact) mass is 265 g/mol. The fourth-order valence-electron chi connectivity index (χ4n) is 2.69. The van der Waals surface area contributed by atoms with Crippen LogP contribution in [0.5, 0.6) is 0 Å². The van der Waals surface area contributed by atoms with Crippen molar-refractivity contribution in [3.8, 4) is 0 Å². The second kappa shape index (κ2) is 5.74. The SMILES string of the molecule is Cc1nn(C)cc1NC(=O)[C@H]1CCCO[C@H]1C(C)C. The van der Waals surface area contributed by atoms with Gasteiger partial charge in [0.15, 0.2) is 0 Å². The van der Waals surface area contributed by atoms with Gasteiger partial charge in [-0.1, -0.05) is 13.8 Å². The first-order valence-corrected chi connectivity index (χ1v) is 6.91. The number of aromatic nitrogens is 2. The molecule has 0 radical (unpaired) electrons. The smallest absolute Gasteiger partial charge is 0.230 e. The molecular formula is C14H23N3O2. The highest BCUT2D eigenvalue weighted by Gasteiger charge is 2.34. The molecule has 2 heterocycles. The zero-order valence-electron chi connectivity index (χ0n) is 12.1. The molecule has 1 saturated heterocycles. The van der Waals surface area contributed by atoms with Crippen molar-refractivity contribution < 1.29 is 9.53 Å². The van der Waals surface area contributed by atoms with Crippen molar-refractivity contribution in [1.29, 1.82) is 0 Å². The summed E-state index contributed by atoms with van der Waals surface area (Å²) in [6, 6.07) is 0. The van der Waals surface area contributed by atoms with E-state index in [9.17, 15) is 4.79 Å². The molecule has 0 saturated carbocycles. The van der Waals surface area contributed by atoms with Crippen LogP contribution in [-0.2, 0) is 16.6 Å². The lowest BCUT2D eigenvalue weighted by Crippen LogP contribution is -2.41. The van der Waals surface area contributed by atoms with Crippen molar-refractivity contribution >= 4 is 11.6 Å². The lowest BCUT2D eigenvalue weighted by molar-refractivity contribution is -0.131. The first kappa shape index (κ1) is 14.1. The Bertz CT molecular complexity index is 454. The van der Waals surface area contributed by atoms with E-state index >= 15 is 0 Å². The highest BCUT2D eigenvalue weighted by molar-refractivity contribution is 5.93. The second-order valence-corrected chi connectivity index (χ2v) is 5.62. The number of amides is 1. The van der Waals surface area contributed by atoms with Crippen molar-refractivity contribution in [1.82, 2.24) is 9.78 Å². The average Bonchev–Trinajstić information content (AvgIpc) is 2.67. The molecule has 1 aliphatic heterocycles. The Morgan fingerprint density at radius 2 is 2.32 bits per heavy atom. The summed E-state index contributed by atoms with van der Waals surface area (Å²) in [5.41, 5.74) is 1.63. The number of nitrogens with one attached hydrogen (secondary N) is 1. The van der Waals surface area contributed by atoms with Gasteiger partial charge in [-0.2, -0.15) is 5.10 Å². The Labute approximate surface area is 114 Å². The van der Waals surface area contributed by atoms with Gasteiger partial charge in [0, 0.05) is 19.9 Å². The van der Waals surface area contributed by atoms with Gasteiger partial charge in [0.2, 0.25) is 5.91 Å². The molecule has 1 N–H and O–H groups in total. The Hall–Kier alpha value is -1.36. The molecule has 5 heteroatoms. The fourth-order valence-corrected chi connectivity index (χ4v) is 2.69. The third kappa shape index (κ3) is 3.15. The predicted molar refractivity (Wildman–Crippen MR) is 73.9 cm³/mol. The van der Waals surface area contributed by atoms with Gasteiger partial charge < -0.3 is 10.1 Å². The number of aryl methyl sites for hydroxylation is 2. The van der Waals surface area contributed by atoms with Gasteiger partial charge in [0.05, 0.1) is 23.4 Å². The molecule has 2 atom stereocenters. The molecule has 19 heavy (non-hydrogen) atoms. The molecule has 2 rings (SSSR count). The van der Waals surface area contributed by atoms with E-state index in [1.54, 1.807) is 4.68 Å². The quantitative estimate of drug-likeness (QED) is 0.910. The zero-order valence-corrected chi connectivity index (χ0v) is 12.1. The third-order valence-corrected chi connectivity index (χ3v) is 3.63. The average molecular weight is 265 g/mol. The van der Waals surface area contributed by atoms with Gasteiger partial charge in [-0.25, -0.2) is 0 Å². The van der Waals surface area contributed by atoms with Crippen LogP contribution in [0, 0.1) is 18.8 Å². The number of hydrogen-bond acceptors (Lipinski definition) is 3. The Morgan fingerprint density at radius 3 is 2.89 bits per heavy atom. The minimum Gasteiger partial charge on any atom is -0.377 e. The van der Waals surface area contributed by atoms with E-state index in [1.807, 2.05) is 20.2 Å². The second-order valence-electron chi connectivity index (χ2n) is 5.62. The molecular weight excluding hydrogens is 242 g/mol. The Kier molecular flexibility index (Phi) is 4.24. The van der Waals surface area contributed by atoms with E-state index < -0.39 is 0 Å². The molecule has 1 fully saturated rings. The largest absolute Gasteiger partial charge is 0.377 e. The molecule has 1 amide bonds. The van der Waals surface area contributed by atoms with E-state index in [4.69, 9.17) is 4.74 Å². The van der Waals surface area contributed by atoms with Crippen molar-refractivity contribution in [2.24, 2.45) is 18.9 Å². The number of rotatable bonds is 3. The molecule has 0 bridgehead atoms. The first-order valence-electron chi connectivity index (χ1n) is 6.91. The van der Waals surface area contributed by atoms with E-state index in [0.717, 1.165) is 30.8 Å². The molecule has 1 aromatic heterocycles. The van der Waals surface area contributed by atoms with Gasteiger partial charge in [-0.05, 0) is 25.7 Å². The molecule has 106 valence electrons. The number of nitrogens with zero attached hydrogens (tertiary/aromatic N) is 2.